The molecule has 1 saturated heterocycles. The second-order valence-corrected chi connectivity index (χ2v) is 6.44. The summed E-state index contributed by atoms with van der Waals surface area (Å²) in [5, 5.41) is 7.81. The first-order valence-corrected chi connectivity index (χ1v) is 8.66. The van der Waals surface area contributed by atoms with Gasteiger partial charge in [-0.05, 0) is 30.7 Å². The van der Waals surface area contributed by atoms with Gasteiger partial charge >= 0.3 is 0 Å². The van der Waals surface area contributed by atoms with Crippen molar-refractivity contribution in [2.45, 2.75) is 19.1 Å². The number of morpholine rings is 1. The van der Waals surface area contributed by atoms with Crippen LogP contribution in [-0.4, -0.2) is 45.0 Å². The van der Waals surface area contributed by atoms with Crippen LogP contribution in [0.15, 0.2) is 67.0 Å². The molecule has 1 amide bonds. The zero-order valence-electron chi connectivity index (χ0n) is 14.5. The quantitative estimate of drug-likeness (QED) is 0.730. The first-order valence-electron chi connectivity index (χ1n) is 8.66. The Morgan fingerprint density at radius 2 is 2.00 bits per heavy atom. The summed E-state index contributed by atoms with van der Waals surface area (Å²) in [4.78, 5) is 15.0. The van der Waals surface area contributed by atoms with Gasteiger partial charge in [-0.1, -0.05) is 41.6 Å². The van der Waals surface area contributed by atoms with E-state index < -0.39 is 0 Å². The Kier molecular flexibility index (Phi) is 4.50. The molecule has 0 saturated carbocycles. The molecule has 2 heterocycles. The van der Waals surface area contributed by atoms with Gasteiger partial charge in [-0.15, -0.1) is 5.10 Å². The normalized spacial score (nSPS) is 20.1. The maximum absolute atomic E-state index is 13.1. The molecule has 2 atom stereocenters. The lowest BCUT2D eigenvalue weighted by atomic mass is 10.0. The van der Waals surface area contributed by atoms with Gasteiger partial charge in [0.1, 0.15) is 6.10 Å². The zero-order chi connectivity index (χ0) is 17.9. The molecule has 1 fully saturated rings. The van der Waals surface area contributed by atoms with Crippen LogP contribution in [-0.2, 0) is 4.74 Å². The van der Waals surface area contributed by atoms with Crippen LogP contribution in [0.25, 0.3) is 5.69 Å². The Hall–Kier alpha value is -2.99. The van der Waals surface area contributed by atoms with Crippen LogP contribution in [0.3, 0.4) is 0 Å². The van der Waals surface area contributed by atoms with Gasteiger partial charge in [0, 0.05) is 5.56 Å². The lowest BCUT2D eigenvalue weighted by Gasteiger charge is -2.38. The second kappa shape index (κ2) is 7.09. The standard InChI is InChI=1S/C20H20N4O2/c1-15-14-26-19(16-6-3-2-4-7-16)13-23(15)20(25)17-8-5-9-18(12-17)24-11-10-21-22-24/h2-12,15,19H,13-14H2,1H3. The highest BCUT2D eigenvalue weighted by Gasteiger charge is 2.31. The van der Waals surface area contributed by atoms with Gasteiger partial charge in [-0.2, -0.15) is 0 Å². The van der Waals surface area contributed by atoms with Gasteiger partial charge < -0.3 is 9.64 Å². The molecule has 26 heavy (non-hydrogen) atoms. The molecule has 1 aliphatic rings. The van der Waals surface area contributed by atoms with Crippen LogP contribution in [0, 0.1) is 0 Å². The van der Waals surface area contributed by atoms with Gasteiger partial charge in [-0.3, -0.25) is 4.79 Å². The first-order chi connectivity index (χ1) is 12.7. The largest absolute Gasteiger partial charge is 0.370 e. The van der Waals surface area contributed by atoms with Crippen molar-refractivity contribution in [2.24, 2.45) is 0 Å². The van der Waals surface area contributed by atoms with Gasteiger partial charge in [0.05, 0.1) is 37.3 Å². The van der Waals surface area contributed by atoms with Crippen LogP contribution in [0.5, 0.6) is 0 Å². The summed E-state index contributed by atoms with van der Waals surface area (Å²) in [6.45, 7) is 3.08. The highest BCUT2D eigenvalue weighted by atomic mass is 16.5. The third kappa shape index (κ3) is 3.23. The first kappa shape index (κ1) is 16.5. The Morgan fingerprint density at radius 3 is 2.77 bits per heavy atom. The number of aromatic nitrogens is 3. The Bertz CT molecular complexity index is 880. The number of rotatable bonds is 3. The van der Waals surface area contributed by atoms with Gasteiger partial charge in [0.25, 0.3) is 5.91 Å². The van der Waals surface area contributed by atoms with Gasteiger partial charge in [0.2, 0.25) is 0 Å². The Morgan fingerprint density at radius 1 is 1.15 bits per heavy atom. The van der Waals surface area contributed by atoms with E-state index in [0.717, 1.165) is 11.3 Å². The van der Waals surface area contributed by atoms with Crippen LogP contribution >= 0.6 is 0 Å². The van der Waals surface area contributed by atoms with E-state index in [4.69, 9.17) is 4.74 Å². The number of ether oxygens (including phenoxy) is 1. The molecule has 2 unspecified atom stereocenters. The second-order valence-electron chi connectivity index (χ2n) is 6.44. The average Bonchev–Trinajstić information content (AvgIpc) is 3.23. The fourth-order valence-corrected chi connectivity index (χ4v) is 3.20. The SMILES string of the molecule is CC1COC(c2ccccc2)CN1C(=O)c1cccc(-n2ccnn2)c1. The lowest BCUT2D eigenvalue weighted by Crippen LogP contribution is -2.48. The molecule has 2 aromatic carbocycles. The monoisotopic (exact) mass is 348 g/mol. The number of amides is 1. The van der Waals surface area contributed by atoms with Crippen LogP contribution < -0.4 is 0 Å². The molecule has 0 aliphatic carbocycles. The molecule has 1 aliphatic heterocycles. The molecule has 0 radical (unpaired) electrons. The highest BCUT2D eigenvalue weighted by molar-refractivity contribution is 5.95. The maximum atomic E-state index is 13.1. The molecule has 1 aromatic heterocycles. The number of hydrogen-bond donors (Lipinski definition) is 0. The summed E-state index contributed by atoms with van der Waals surface area (Å²) in [6, 6.07) is 17.5. The van der Waals surface area contributed by atoms with E-state index >= 15 is 0 Å². The van der Waals surface area contributed by atoms with Crippen molar-refractivity contribution in [2.75, 3.05) is 13.2 Å². The molecule has 132 valence electrons. The fraction of sp³-hybridized carbons (Fsp3) is 0.250. The van der Waals surface area contributed by atoms with E-state index in [9.17, 15) is 4.79 Å². The summed E-state index contributed by atoms with van der Waals surface area (Å²) in [5.41, 5.74) is 2.54. The number of hydrogen-bond acceptors (Lipinski definition) is 4. The Balaban J connectivity index is 1.57. The van der Waals surface area contributed by atoms with E-state index in [-0.39, 0.29) is 18.1 Å². The van der Waals surface area contributed by atoms with Crippen molar-refractivity contribution in [1.82, 2.24) is 19.9 Å². The van der Waals surface area contributed by atoms with Crippen molar-refractivity contribution in [3.8, 4) is 5.69 Å². The fourth-order valence-electron chi connectivity index (χ4n) is 3.20. The molecule has 0 N–H and O–H groups in total. The number of carbonyl (C=O) groups excluding carboxylic acids is 1. The predicted molar refractivity (Wildman–Crippen MR) is 97.0 cm³/mol. The molecule has 6 heteroatoms. The molecule has 0 bridgehead atoms. The predicted octanol–water partition coefficient (Wildman–Crippen LogP) is 2.87. The summed E-state index contributed by atoms with van der Waals surface area (Å²) < 4.78 is 7.60. The van der Waals surface area contributed by atoms with E-state index in [1.54, 1.807) is 17.1 Å². The molecular formula is C20H20N4O2. The van der Waals surface area contributed by atoms with Crippen molar-refractivity contribution >= 4 is 5.91 Å². The summed E-state index contributed by atoms with van der Waals surface area (Å²) >= 11 is 0. The highest BCUT2D eigenvalue weighted by Crippen LogP contribution is 2.26. The smallest absolute Gasteiger partial charge is 0.254 e. The van der Waals surface area contributed by atoms with E-state index in [1.807, 2.05) is 66.4 Å². The number of carbonyl (C=O) groups is 1. The van der Waals surface area contributed by atoms with E-state index in [2.05, 4.69) is 10.3 Å². The topological polar surface area (TPSA) is 60.2 Å². The third-order valence-corrected chi connectivity index (χ3v) is 4.65. The van der Waals surface area contributed by atoms with E-state index in [0.29, 0.717) is 18.7 Å². The molecule has 4 rings (SSSR count). The molecule has 6 nitrogen and oxygen atoms in total. The summed E-state index contributed by atoms with van der Waals surface area (Å²) in [6.07, 6.45) is 3.27. The minimum Gasteiger partial charge on any atom is -0.370 e. The van der Waals surface area contributed by atoms with Crippen molar-refractivity contribution < 1.29 is 9.53 Å². The average molecular weight is 348 g/mol. The summed E-state index contributed by atoms with van der Waals surface area (Å²) in [5.74, 6) is 0.00342. The molecular weight excluding hydrogens is 328 g/mol. The maximum Gasteiger partial charge on any atom is 0.254 e. The van der Waals surface area contributed by atoms with E-state index in [1.165, 1.54) is 0 Å². The van der Waals surface area contributed by atoms with Crippen molar-refractivity contribution in [3.05, 3.63) is 78.1 Å². The lowest BCUT2D eigenvalue weighted by molar-refractivity contribution is -0.0486. The zero-order valence-corrected chi connectivity index (χ0v) is 14.5. The minimum absolute atomic E-state index is 0.00342. The number of benzene rings is 2. The van der Waals surface area contributed by atoms with Crippen LogP contribution in [0.1, 0.15) is 28.9 Å². The Labute approximate surface area is 152 Å². The van der Waals surface area contributed by atoms with Crippen LogP contribution in [0.2, 0.25) is 0 Å². The minimum atomic E-state index is -0.102. The molecule has 0 spiro atoms. The van der Waals surface area contributed by atoms with Crippen LogP contribution in [0.4, 0.5) is 0 Å². The third-order valence-electron chi connectivity index (χ3n) is 4.65. The summed E-state index contributed by atoms with van der Waals surface area (Å²) in [7, 11) is 0. The van der Waals surface area contributed by atoms with Gasteiger partial charge in [0.15, 0.2) is 0 Å². The van der Waals surface area contributed by atoms with Crippen molar-refractivity contribution in [1.29, 1.82) is 0 Å². The van der Waals surface area contributed by atoms with Gasteiger partial charge in [-0.25, -0.2) is 4.68 Å². The molecule has 3 aromatic rings. The van der Waals surface area contributed by atoms with Crippen molar-refractivity contribution in [3.63, 3.8) is 0 Å². The number of nitrogens with zero attached hydrogens (tertiary/aromatic N) is 4.